The Morgan fingerprint density at radius 2 is 1.21 bits per heavy atom. The van der Waals surface area contributed by atoms with Crippen molar-refractivity contribution in [1.82, 2.24) is 0 Å². The first-order valence-electron chi connectivity index (χ1n) is 14.2. The lowest BCUT2D eigenvalue weighted by atomic mass is 9.68. The zero-order chi connectivity index (χ0) is 23.2. The molecule has 3 heteroatoms. The van der Waals surface area contributed by atoms with Crippen molar-refractivity contribution in [1.29, 1.82) is 0 Å². The van der Waals surface area contributed by atoms with E-state index in [2.05, 4.69) is 13.8 Å². The van der Waals surface area contributed by atoms with Gasteiger partial charge in [0.2, 0.25) is 0 Å². The highest BCUT2D eigenvalue weighted by molar-refractivity contribution is 5.33. The van der Waals surface area contributed by atoms with Crippen molar-refractivity contribution in [2.75, 3.05) is 6.61 Å². The molecule has 0 spiro atoms. The minimum atomic E-state index is -0.511. The van der Waals surface area contributed by atoms with E-state index in [1.165, 1.54) is 70.6 Å². The number of hydrogen-bond donors (Lipinski definition) is 0. The standard InChI is InChI=1S/C30H46F2O/c1-3-5-22-10-12-24(13-11-22)25-14-16-26(17-15-25)27-18-28(31)30(29(32)19-27)33-20-23-8-6-21(4-2)7-9-23/h18-19,21-26H,3-17,20H2,1-2H3. The molecule has 3 fully saturated rings. The molecule has 0 heterocycles. The number of hydrogen-bond acceptors (Lipinski definition) is 1. The first kappa shape index (κ1) is 25.0. The fourth-order valence-corrected chi connectivity index (χ4v) is 7.24. The Balaban J connectivity index is 1.26. The Labute approximate surface area is 201 Å². The van der Waals surface area contributed by atoms with Crippen LogP contribution < -0.4 is 4.74 Å². The van der Waals surface area contributed by atoms with Gasteiger partial charge in [0, 0.05) is 0 Å². The molecule has 1 nitrogen and oxygen atoms in total. The summed E-state index contributed by atoms with van der Waals surface area (Å²) in [6.45, 7) is 4.99. The average Bonchev–Trinajstić information content (AvgIpc) is 2.84. The normalized spacial score (nSPS) is 33.1. The highest BCUT2D eigenvalue weighted by Crippen LogP contribution is 2.45. The fourth-order valence-electron chi connectivity index (χ4n) is 7.24. The molecule has 0 radical (unpaired) electrons. The molecule has 3 saturated carbocycles. The zero-order valence-corrected chi connectivity index (χ0v) is 21.1. The maximum atomic E-state index is 14.8. The Morgan fingerprint density at radius 3 is 1.76 bits per heavy atom. The van der Waals surface area contributed by atoms with Gasteiger partial charge in [-0.25, -0.2) is 8.78 Å². The molecule has 4 rings (SSSR count). The van der Waals surface area contributed by atoms with E-state index >= 15 is 0 Å². The van der Waals surface area contributed by atoms with Crippen molar-refractivity contribution in [3.63, 3.8) is 0 Å². The number of halogens is 2. The Bertz CT molecular complexity index is 700. The smallest absolute Gasteiger partial charge is 0.190 e. The third-order valence-corrected chi connectivity index (χ3v) is 9.53. The van der Waals surface area contributed by atoms with Crippen LogP contribution in [-0.2, 0) is 0 Å². The molecule has 0 unspecified atom stereocenters. The predicted octanol–water partition coefficient (Wildman–Crippen LogP) is 9.44. The van der Waals surface area contributed by atoms with Crippen LogP contribution in [0.5, 0.6) is 5.75 Å². The van der Waals surface area contributed by atoms with E-state index in [1.807, 2.05) is 0 Å². The van der Waals surface area contributed by atoms with Crippen LogP contribution in [0.15, 0.2) is 12.1 Å². The summed E-state index contributed by atoms with van der Waals surface area (Å²) >= 11 is 0. The molecule has 0 bridgehead atoms. The second-order valence-electron chi connectivity index (χ2n) is 11.6. The average molecular weight is 461 g/mol. The summed E-state index contributed by atoms with van der Waals surface area (Å²) in [5, 5.41) is 0. The van der Waals surface area contributed by atoms with Crippen LogP contribution in [0, 0.1) is 41.2 Å². The minimum Gasteiger partial charge on any atom is -0.487 e. The van der Waals surface area contributed by atoms with Crippen molar-refractivity contribution in [2.24, 2.45) is 29.6 Å². The van der Waals surface area contributed by atoms with Gasteiger partial charge in [-0.2, -0.15) is 0 Å². The SMILES string of the molecule is CCCC1CCC(C2CCC(c3cc(F)c(OCC4CCC(CC)CC4)c(F)c3)CC2)CC1. The topological polar surface area (TPSA) is 9.23 Å². The van der Waals surface area contributed by atoms with Crippen LogP contribution in [0.4, 0.5) is 8.78 Å². The van der Waals surface area contributed by atoms with Gasteiger partial charge in [-0.15, -0.1) is 0 Å². The molecular formula is C30H46F2O. The number of ether oxygens (including phenoxy) is 1. The first-order chi connectivity index (χ1) is 16.1. The van der Waals surface area contributed by atoms with Crippen LogP contribution in [0.3, 0.4) is 0 Å². The van der Waals surface area contributed by atoms with Crippen molar-refractivity contribution < 1.29 is 13.5 Å². The van der Waals surface area contributed by atoms with Gasteiger partial charge in [-0.05, 0) is 105 Å². The third-order valence-electron chi connectivity index (χ3n) is 9.53. The van der Waals surface area contributed by atoms with E-state index in [4.69, 9.17) is 4.74 Å². The summed E-state index contributed by atoms with van der Waals surface area (Å²) < 4.78 is 35.4. The maximum absolute atomic E-state index is 14.8. The summed E-state index contributed by atoms with van der Waals surface area (Å²) in [6, 6.07) is 3.13. The fraction of sp³-hybridized carbons (Fsp3) is 0.800. The molecule has 3 aliphatic carbocycles. The summed E-state index contributed by atoms with van der Waals surface area (Å²) in [5.74, 6) is 3.03. The van der Waals surface area contributed by atoms with E-state index in [9.17, 15) is 8.78 Å². The minimum absolute atomic E-state index is 0.158. The van der Waals surface area contributed by atoms with E-state index in [1.54, 1.807) is 12.1 Å². The number of benzene rings is 1. The zero-order valence-electron chi connectivity index (χ0n) is 21.1. The van der Waals surface area contributed by atoms with E-state index in [-0.39, 0.29) is 5.75 Å². The van der Waals surface area contributed by atoms with Gasteiger partial charge in [0.1, 0.15) is 0 Å². The lowest BCUT2D eigenvalue weighted by molar-refractivity contribution is 0.156. The van der Waals surface area contributed by atoms with E-state index in [0.717, 1.165) is 54.9 Å². The second-order valence-corrected chi connectivity index (χ2v) is 11.6. The molecule has 0 N–H and O–H groups in total. The van der Waals surface area contributed by atoms with Gasteiger partial charge in [0.05, 0.1) is 6.61 Å². The second kappa shape index (κ2) is 12.0. The highest BCUT2D eigenvalue weighted by atomic mass is 19.1. The van der Waals surface area contributed by atoms with E-state index < -0.39 is 11.6 Å². The predicted molar refractivity (Wildman–Crippen MR) is 133 cm³/mol. The largest absolute Gasteiger partial charge is 0.487 e. The van der Waals surface area contributed by atoms with Crippen molar-refractivity contribution in [3.05, 3.63) is 29.3 Å². The molecule has 33 heavy (non-hydrogen) atoms. The van der Waals surface area contributed by atoms with Crippen molar-refractivity contribution in [3.8, 4) is 5.75 Å². The Morgan fingerprint density at radius 1 is 0.697 bits per heavy atom. The molecular weight excluding hydrogens is 414 g/mol. The molecule has 0 atom stereocenters. The number of rotatable bonds is 8. The molecule has 0 aliphatic heterocycles. The van der Waals surface area contributed by atoms with Gasteiger partial charge in [0.15, 0.2) is 17.4 Å². The summed E-state index contributed by atoms with van der Waals surface area (Å²) in [6.07, 6.45) is 18.8. The van der Waals surface area contributed by atoms with Gasteiger partial charge in [0.25, 0.3) is 0 Å². The van der Waals surface area contributed by atoms with Gasteiger partial charge >= 0.3 is 0 Å². The molecule has 0 aromatic heterocycles. The third kappa shape index (κ3) is 6.51. The molecule has 0 saturated heterocycles. The maximum Gasteiger partial charge on any atom is 0.190 e. The first-order valence-corrected chi connectivity index (χ1v) is 14.2. The Hall–Kier alpha value is -1.12. The van der Waals surface area contributed by atoms with E-state index in [0.29, 0.717) is 18.4 Å². The summed E-state index contributed by atoms with van der Waals surface area (Å²) in [4.78, 5) is 0. The van der Waals surface area contributed by atoms with Crippen molar-refractivity contribution in [2.45, 2.75) is 116 Å². The van der Waals surface area contributed by atoms with Crippen molar-refractivity contribution >= 4 is 0 Å². The summed E-state index contributed by atoms with van der Waals surface area (Å²) in [7, 11) is 0. The Kier molecular flexibility index (Phi) is 9.11. The van der Waals surface area contributed by atoms with Crippen LogP contribution in [0.1, 0.15) is 122 Å². The lowest BCUT2D eigenvalue weighted by Crippen LogP contribution is -2.25. The van der Waals surface area contributed by atoms with Gasteiger partial charge in [-0.1, -0.05) is 58.8 Å². The summed E-state index contributed by atoms with van der Waals surface area (Å²) in [5.41, 5.74) is 0.839. The molecule has 3 aliphatic rings. The molecule has 0 amide bonds. The molecule has 186 valence electrons. The monoisotopic (exact) mass is 460 g/mol. The van der Waals surface area contributed by atoms with Gasteiger partial charge in [-0.3, -0.25) is 0 Å². The van der Waals surface area contributed by atoms with Crippen LogP contribution in [0.25, 0.3) is 0 Å². The van der Waals surface area contributed by atoms with Crippen LogP contribution in [-0.4, -0.2) is 6.61 Å². The quantitative estimate of drug-likeness (QED) is 0.375. The lowest BCUT2D eigenvalue weighted by Gasteiger charge is -2.38. The van der Waals surface area contributed by atoms with Gasteiger partial charge < -0.3 is 4.74 Å². The molecule has 1 aromatic rings. The van der Waals surface area contributed by atoms with Crippen LogP contribution >= 0.6 is 0 Å². The molecule has 1 aromatic carbocycles. The highest BCUT2D eigenvalue weighted by Gasteiger charge is 2.32. The van der Waals surface area contributed by atoms with Crippen LogP contribution in [0.2, 0.25) is 0 Å².